The van der Waals surface area contributed by atoms with Crippen LogP contribution in [0.4, 0.5) is 0 Å². The minimum absolute atomic E-state index is 0.0527. The maximum absolute atomic E-state index is 9.07. The van der Waals surface area contributed by atoms with Crippen LogP contribution in [-0.2, 0) is 6.54 Å². The first-order valence-corrected chi connectivity index (χ1v) is 6.74. The fourth-order valence-corrected chi connectivity index (χ4v) is 2.26. The normalized spacial score (nSPS) is 12.3. The molecule has 0 aliphatic rings. The predicted molar refractivity (Wildman–Crippen MR) is 78.1 cm³/mol. The van der Waals surface area contributed by atoms with Gasteiger partial charge < -0.3 is 10.1 Å². The van der Waals surface area contributed by atoms with Crippen molar-refractivity contribution in [1.82, 2.24) is 5.32 Å². The number of methoxy groups -OCH3 is 1. The molecule has 0 radical (unpaired) electrons. The van der Waals surface area contributed by atoms with Crippen molar-refractivity contribution in [3.63, 3.8) is 0 Å². The molecule has 3 heteroatoms. The van der Waals surface area contributed by atoms with E-state index in [0.29, 0.717) is 12.5 Å². The Hall–Kier alpha value is -1.53. The zero-order valence-electron chi connectivity index (χ0n) is 12.6. The highest BCUT2D eigenvalue weighted by Gasteiger charge is 2.12. The van der Waals surface area contributed by atoms with E-state index in [1.807, 2.05) is 0 Å². The molecule has 0 aliphatic heterocycles. The van der Waals surface area contributed by atoms with Gasteiger partial charge in [-0.2, -0.15) is 5.26 Å². The summed E-state index contributed by atoms with van der Waals surface area (Å²) in [5, 5.41) is 12.4. The van der Waals surface area contributed by atoms with E-state index in [1.54, 1.807) is 7.11 Å². The van der Waals surface area contributed by atoms with E-state index >= 15 is 0 Å². The van der Waals surface area contributed by atoms with Crippen LogP contribution >= 0.6 is 0 Å². The van der Waals surface area contributed by atoms with E-state index in [9.17, 15) is 0 Å². The Kier molecular flexibility index (Phi) is 5.85. The molecule has 1 unspecified atom stereocenters. The lowest BCUT2D eigenvalue weighted by atomic mass is 9.97. The molecule has 0 bridgehead atoms. The Labute approximate surface area is 116 Å². The number of aryl methyl sites for hydroxylation is 2. The second kappa shape index (κ2) is 7.16. The van der Waals surface area contributed by atoms with Gasteiger partial charge in [-0.3, -0.25) is 0 Å². The van der Waals surface area contributed by atoms with Crippen LogP contribution in [0, 0.1) is 37.0 Å². The first kappa shape index (κ1) is 15.5. The molecule has 0 saturated carbocycles. The largest absolute Gasteiger partial charge is 0.496 e. The van der Waals surface area contributed by atoms with Gasteiger partial charge in [0.25, 0.3) is 0 Å². The van der Waals surface area contributed by atoms with E-state index < -0.39 is 0 Å². The third-order valence-corrected chi connectivity index (χ3v) is 3.35. The van der Waals surface area contributed by atoms with Crippen LogP contribution in [0.5, 0.6) is 5.75 Å². The molecule has 1 aromatic carbocycles. The van der Waals surface area contributed by atoms with E-state index in [-0.39, 0.29) is 5.92 Å². The van der Waals surface area contributed by atoms with Gasteiger partial charge in [0.2, 0.25) is 0 Å². The molecule has 0 saturated heterocycles. The SMILES string of the molecule is COc1c(C)cc(C)cc1CNCC(C#N)C(C)C. The third-order valence-electron chi connectivity index (χ3n) is 3.35. The van der Waals surface area contributed by atoms with Gasteiger partial charge in [-0.15, -0.1) is 0 Å². The molecule has 3 nitrogen and oxygen atoms in total. The number of hydrogen-bond donors (Lipinski definition) is 1. The maximum atomic E-state index is 9.07. The van der Waals surface area contributed by atoms with Gasteiger partial charge in [-0.1, -0.05) is 31.5 Å². The first-order valence-electron chi connectivity index (χ1n) is 6.74. The smallest absolute Gasteiger partial charge is 0.126 e. The molecular formula is C16H24N2O. The van der Waals surface area contributed by atoms with E-state index in [2.05, 4.69) is 51.2 Å². The summed E-state index contributed by atoms with van der Waals surface area (Å²) in [5.74, 6) is 1.37. The number of benzene rings is 1. The predicted octanol–water partition coefficient (Wildman–Crippen LogP) is 3.20. The van der Waals surface area contributed by atoms with E-state index in [0.717, 1.165) is 23.4 Å². The lowest BCUT2D eigenvalue weighted by molar-refractivity contribution is 0.400. The molecule has 1 atom stereocenters. The van der Waals surface area contributed by atoms with E-state index in [1.165, 1.54) is 5.56 Å². The van der Waals surface area contributed by atoms with Gasteiger partial charge >= 0.3 is 0 Å². The Morgan fingerprint density at radius 1 is 1.32 bits per heavy atom. The standard InChI is InChI=1S/C16H24N2O/c1-11(2)15(8-17)10-18-9-14-7-12(3)6-13(4)16(14)19-5/h6-7,11,15,18H,9-10H2,1-5H3. The minimum Gasteiger partial charge on any atom is -0.496 e. The van der Waals surface area contributed by atoms with Crippen LogP contribution in [0.3, 0.4) is 0 Å². The van der Waals surface area contributed by atoms with E-state index in [4.69, 9.17) is 10.00 Å². The average Bonchev–Trinajstić information content (AvgIpc) is 2.33. The van der Waals surface area contributed by atoms with Crippen LogP contribution in [0.25, 0.3) is 0 Å². The van der Waals surface area contributed by atoms with Crippen molar-refractivity contribution < 1.29 is 4.74 Å². The molecular weight excluding hydrogens is 236 g/mol. The molecule has 0 fully saturated rings. The molecule has 1 aromatic rings. The zero-order chi connectivity index (χ0) is 14.4. The number of nitrogens with zero attached hydrogens (tertiary/aromatic N) is 1. The van der Waals surface area contributed by atoms with Gasteiger partial charge in [0.15, 0.2) is 0 Å². The number of rotatable bonds is 6. The van der Waals surface area contributed by atoms with Crippen molar-refractivity contribution in [2.45, 2.75) is 34.2 Å². The summed E-state index contributed by atoms with van der Waals surface area (Å²) in [6, 6.07) is 6.60. The Morgan fingerprint density at radius 3 is 2.53 bits per heavy atom. The molecule has 0 spiro atoms. The summed E-state index contributed by atoms with van der Waals surface area (Å²) in [4.78, 5) is 0. The minimum atomic E-state index is 0.0527. The van der Waals surface area contributed by atoms with Crippen molar-refractivity contribution in [2.24, 2.45) is 11.8 Å². The summed E-state index contributed by atoms with van der Waals surface area (Å²) in [6.45, 7) is 9.74. The number of nitriles is 1. The van der Waals surface area contributed by atoms with Crippen LogP contribution in [0.15, 0.2) is 12.1 Å². The summed E-state index contributed by atoms with van der Waals surface area (Å²) >= 11 is 0. The summed E-state index contributed by atoms with van der Waals surface area (Å²) < 4.78 is 5.46. The molecule has 0 aliphatic carbocycles. The lowest BCUT2D eigenvalue weighted by Crippen LogP contribution is -2.25. The van der Waals surface area contributed by atoms with Gasteiger partial charge in [-0.05, 0) is 25.3 Å². The number of ether oxygens (including phenoxy) is 1. The van der Waals surface area contributed by atoms with Crippen molar-refractivity contribution in [3.8, 4) is 11.8 Å². The maximum Gasteiger partial charge on any atom is 0.126 e. The van der Waals surface area contributed by atoms with Gasteiger partial charge in [0, 0.05) is 18.7 Å². The molecule has 104 valence electrons. The fourth-order valence-electron chi connectivity index (χ4n) is 2.26. The molecule has 1 N–H and O–H groups in total. The lowest BCUT2D eigenvalue weighted by Gasteiger charge is -2.16. The zero-order valence-corrected chi connectivity index (χ0v) is 12.6. The van der Waals surface area contributed by atoms with Crippen LogP contribution in [0.1, 0.15) is 30.5 Å². The summed E-state index contributed by atoms with van der Waals surface area (Å²) in [7, 11) is 1.70. The molecule has 0 amide bonds. The number of hydrogen-bond acceptors (Lipinski definition) is 3. The van der Waals surface area contributed by atoms with Gasteiger partial charge in [0.1, 0.15) is 5.75 Å². The van der Waals surface area contributed by atoms with Gasteiger partial charge in [0.05, 0.1) is 19.1 Å². The van der Waals surface area contributed by atoms with Crippen molar-refractivity contribution in [2.75, 3.05) is 13.7 Å². The third kappa shape index (κ3) is 4.25. The van der Waals surface area contributed by atoms with Crippen molar-refractivity contribution in [1.29, 1.82) is 5.26 Å². The average molecular weight is 260 g/mol. The van der Waals surface area contributed by atoms with Gasteiger partial charge in [-0.25, -0.2) is 0 Å². The molecule has 1 rings (SSSR count). The highest BCUT2D eigenvalue weighted by molar-refractivity contribution is 5.43. The molecule has 19 heavy (non-hydrogen) atoms. The number of nitrogens with one attached hydrogen (secondary N) is 1. The Bertz CT molecular complexity index is 461. The van der Waals surface area contributed by atoms with Crippen molar-refractivity contribution in [3.05, 3.63) is 28.8 Å². The molecule has 0 heterocycles. The van der Waals surface area contributed by atoms with Crippen molar-refractivity contribution >= 4 is 0 Å². The summed E-state index contributed by atoms with van der Waals surface area (Å²) in [6.07, 6.45) is 0. The van der Waals surface area contributed by atoms with Crippen LogP contribution in [0.2, 0.25) is 0 Å². The monoisotopic (exact) mass is 260 g/mol. The molecule has 0 aromatic heterocycles. The summed E-state index contributed by atoms with van der Waals surface area (Å²) in [5.41, 5.74) is 3.54. The quantitative estimate of drug-likeness (QED) is 0.854. The second-order valence-corrected chi connectivity index (χ2v) is 5.38. The highest BCUT2D eigenvalue weighted by atomic mass is 16.5. The van der Waals surface area contributed by atoms with Crippen LogP contribution in [-0.4, -0.2) is 13.7 Å². The van der Waals surface area contributed by atoms with Crippen LogP contribution < -0.4 is 10.1 Å². The highest BCUT2D eigenvalue weighted by Crippen LogP contribution is 2.25. The second-order valence-electron chi connectivity index (χ2n) is 5.38. The fraction of sp³-hybridized carbons (Fsp3) is 0.562. The topological polar surface area (TPSA) is 45.0 Å². The first-order chi connectivity index (χ1) is 8.99. The Balaban J connectivity index is 2.70. The Morgan fingerprint density at radius 2 is 2.00 bits per heavy atom.